The van der Waals surface area contributed by atoms with Gasteiger partial charge in [0, 0.05) is 15.8 Å². The van der Waals surface area contributed by atoms with Gasteiger partial charge in [-0.2, -0.15) is 0 Å². The van der Waals surface area contributed by atoms with Gasteiger partial charge in [-0.05, 0) is 62.6 Å². The van der Waals surface area contributed by atoms with Crippen molar-refractivity contribution >= 4 is 5.97 Å². The first-order valence-corrected chi connectivity index (χ1v) is 13.3. The molecule has 0 aliphatic heterocycles. The third-order valence-corrected chi connectivity index (χ3v) is 7.59. The average molecular weight is 559 g/mol. The molecule has 0 saturated heterocycles. The monoisotopic (exact) mass is 558 g/mol. The first-order chi connectivity index (χ1) is 18.8. The van der Waals surface area contributed by atoms with Gasteiger partial charge in [0.15, 0.2) is 0 Å². The van der Waals surface area contributed by atoms with Crippen LogP contribution in [0.4, 0.5) is 0 Å². The topological polar surface area (TPSA) is 151 Å². The van der Waals surface area contributed by atoms with Gasteiger partial charge in [-0.25, -0.2) is 4.79 Å². The molecule has 0 heterocycles. The molecule has 0 spiro atoms. The summed E-state index contributed by atoms with van der Waals surface area (Å²) in [4.78, 5) is 38.3. The third-order valence-electron chi connectivity index (χ3n) is 7.59. The maximum Gasteiger partial charge on any atom is 0.346 e. The number of nitrogens with zero attached hydrogens (tertiary/aromatic N) is 2. The van der Waals surface area contributed by atoms with Crippen molar-refractivity contribution in [1.82, 2.24) is 0 Å². The number of methoxy groups -OCH3 is 2. The minimum Gasteiger partial charge on any atom is -0.497 e. The Balaban J connectivity index is 2.40. The molecule has 6 atom stereocenters. The molecule has 3 rings (SSSR count). The van der Waals surface area contributed by atoms with Crippen molar-refractivity contribution in [3.8, 4) is 11.5 Å². The second kappa shape index (κ2) is 12.2. The first-order valence-electron chi connectivity index (χ1n) is 13.3. The van der Waals surface area contributed by atoms with Crippen molar-refractivity contribution in [2.75, 3.05) is 14.2 Å². The van der Waals surface area contributed by atoms with Gasteiger partial charge in [0.1, 0.15) is 23.0 Å². The highest BCUT2D eigenvalue weighted by atomic mass is 16.6. The molecule has 0 bridgehead atoms. The van der Waals surface area contributed by atoms with Gasteiger partial charge in [0.2, 0.25) is 11.6 Å². The van der Waals surface area contributed by atoms with Gasteiger partial charge < -0.3 is 19.3 Å². The van der Waals surface area contributed by atoms with Crippen LogP contribution in [0.2, 0.25) is 0 Å². The summed E-state index contributed by atoms with van der Waals surface area (Å²) in [7, 11) is 2.94. The fourth-order valence-corrected chi connectivity index (χ4v) is 5.89. The van der Waals surface area contributed by atoms with E-state index in [1.165, 1.54) is 26.4 Å². The minimum absolute atomic E-state index is 0.132. The van der Waals surface area contributed by atoms with Gasteiger partial charge in [0.25, 0.3) is 6.04 Å². The summed E-state index contributed by atoms with van der Waals surface area (Å²) >= 11 is 0. The summed E-state index contributed by atoms with van der Waals surface area (Å²) < 4.78 is 16.1. The molecule has 0 aromatic heterocycles. The lowest BCUT2D eigenvalue weighted by atomic mass is 9.55. The summed E-state index contributed by atoms with van der Waals surface area (Å²) in [5, 5.41) is 38.1. The molecule has 40 heavy (non-hydrogen) atoms. The second-order valence-electron chi connectivity index (χ2n) is 11.2. The van der Waals surface area contributed by atoms with E-state index in [2.05, 4.69) is 0 Å². The quantitative estimate of drug-likeness (QED) is 0.247. The number of esters is 1. The first kappa shape index (κ1) is 30.8. The number of unbranched alkanes of at least 4 members (excludes halogenated alkanes) is 1. The lowest BCUT2D eigenvalue weighted by molar-refractivity contribution is -0.594. The molecule has 1 aliphatic carbocycles. The summed E-state index contributed by atoms with van der Waals surface area (Å²) in [5.41, 5.74) is -3.05. The van der Waals surface area contributed by atoms with Crippen LogP contribution < -0.4 is 9.47 Å². The lowest BCUT2D eigenvalue weighted by Crippen LogP contribution is -2.69. The predicted molar refractivity (Wildman–Crippen MR) is 147 cm³/mol. The Hall–Kier alpha value is -3.73. The van der Waals surface area contributed by atoms with E-state index in [9.17, 15) is 30.1 Å². The Morgan fingerprint density at radius 3 is 1.75 bits per heavy atom. The molecule has 1 fully saturated rings. The SMILES string of the molecule is CCCC[C@@H]1[C@H](c2ccc(OC)cc2)[C@H]([N+](=O)[O-])[C@@H](c2ccc(OC)cc2)[C@H]([N+](=O)[O-])[C@@]1(O)C(=O)OC(C)(C)C. The lowest BCUT2D eigenvalue weighted by Gasteiger charge is -2.48. The van der Waals surface area contributed by atoms with Gasteiger partial charge in [0.05, 0.1) is 20.1 Å². The van der Waals surface area contributed by atoms with Crippen LogP contribution in [0.25, 0.3) is 0 Å². The van der Waals surface area contributed by atoms with Crippen LogP contribution in [0.1, 0.15) is 69.9 Å². The fourth-order valence-electron chi connectivity index (χ4n) is 5.89. The molecular formula is C29H38N2O9. The molecule has 1 saturated carbocycles. The van der Waals surface area contributed by atoms with Gasteiger partial charge in [-0.1, -0.05) is 44.0 Å². The number of carbonyl (C=O) groups excluding carboxylic acids is 1. The highest BCUT2D eigenvalue weighted by Crippen LogP contribution is 2.54. The normalized spacial score (nSPS) is 26.5. The Bertz CT molecular complexity index is 1190. The third kappa shape index (κ3) is 6.04. The van der Waals surface area contributed by atoms with E-state index >= 15 is 0 Å². The van der Waals surface area contributed by atoms with E-state index in [1.54, 1.807) is 57.2 Å². The van der Waals surface area contributed by atoms with E-state index in [-0.39, 0.29) is 12.0 Å². The van der Waals surface area contributed by atoms with Crippen LogP contribution in [0.5, 0.6) is 11.5 Å². The van der Waals surface area contributed by atoms with Crippen LogP contribution >= 0.6 is 0 Å². The molecule has 2 aromatic rings. The number of aliphatic hydroxyl groups is 1. The number of rotatable bonds is 10. The number of hydrogen-bond donors (Lipinski definition) is 1. The van der Waals surface area contributed by atoms with Crippen LogP contribution in [-0.2, 0) is 9.53 Å². The average Bonchev–Trinajstić information content (AvgIpc) is 2.90. The molecule has 218 valence electrons. The van der Waals surface area contributed by atoms with E-state index < -0.39 is 56.9 Å². The molecule has 0 amide bonds. The van der Waals surface area contributed by atoms with Crippen molar-refractivity contribution in [3.63, 3.8) is 0 Å². The van der Waals surface area contributed by atoms with Gasteiger partial charge in [-0.3, -0.25) is 20.2 Å². The van der Waals surface area contributed by atoms with E-state index in [0.29, 0.717) is 29.9 Å². The van der Waals surface area contributed by atoms with E-state index in [0.717, 1.165) is 0 Å². The minimum atomic E-state index is -2.67. The number of ether oxygens (including phenoxy) is 3. The number of carbonyl (C=O) groups is 1. The van der Waals surface area contributed by atoms with E-state index in [1.807, 2.05) is 6.92 Å². The van der Waals surface area contributed by atoms with Gasteiger partial charge >= 0.3 is 5.97 Å². The Morgan fingerprint density at radius 2 is 1.38 bits per heavy atom. The largest absolute Gasteiger partial charge is 0.497 e. The molecule has 1 N–H and O–H groups in total. The molecule has 11 heteroatoms. The molecule has 0 radical (unpaired) electrons. The number of benzene rings is 2. The molecule has 1 aliphatic rings. The summed E-state index contributed by atoms with van der Waals surface area (Å²) in [5.74, 6) is -3.92. The van der Waals surface area contributed by atoms with E-state index in [4.69, 9.17) is 14.2 Å². The maximum atomic E-state index is 13.9. The highest BCUT2D eigenvalue weighted by Gasteiger charge is 2.72. The molecule has 0 unspecified atom stereocenters. The zero-order chi connectivity index (χ0) is 29.8. The van der Waals surface area contributed by atoms with Crippen molar-refractivity contribution < 1.29 is 34.0 Å². The smallest absolute Gasteiger partial charge is 0.346 e. The van der Waals surface area contributed by atoms with Crippen LogP contribution in [0, 0.1) is 26.1 Å². The molecular weight excluding hydrogens is 520 g/mol. The Labute approximate surface area is 233 Å². The summed E-state index contributed by atoms with van der Waals surface area (Å²) in [6, 6.07) is 9.06. The zero-order valence-corrected chi connectivity index (χ0v) is 23.7. The van der Waals surface area contributed by atoms with Crippen LogP contribution in [0.15, 0.2) is 48.5 Å². The standard InChI is InChI=1S/C29H38N2O9/c1-7-8-9-22-23(18-10-14-20(38-5)15-11-18)25(30(34)35)24(19-12-16-21(39-6)17-13-19)26(31(36)37)29(22,33)27(32)40-28(2,3)4/h10-17,22-26,33H,7-9H2,1-6H3/t22-,23+,24-,25+,26+,29-/m1/s1. The second-order valence-corrected chi connectivity index (χ2v) is 11.2. The van der Waals surface area contributed by atoms with Crippen LogP contribution in [0.3, 0.4) is 0 Å². The number of hydrogen-bond acceptors (Lipinski definition) is 9. The van der Waals surface area contributed by atoms with Crippen molar-refractivity contribution in [2.45, 2.75) is 82.1 Å². The fraction of sp³-hybridized carbons (Fsp3) is 0.552. The molecule has 11 nitrogen and oxygen atoms in total. The van der Waals surface area contributed by atoms with Crippen molar-refractivity contribution in [3.05, 3.63) is 79.9 Å². The van der Waals surface area contributed by atoms with Crippen molar-refractivity contribution in [2.24, 2.45) is 5.92 Å². The highest BCUT2D eigenvalue weighted by molar-refractivity contribution is 5.82. The summed E-state index contributed by atoms with van der Waals surface area (Å²) in [6.45, 7) is 6.69. The Kier molecular flexibility index (Phi) is 9.40. The summed E-state index contributed by atoms with van der Waals surface area (Å²) in [6.07, 6.45) is 1.25. The zero-order valence-electron chi connectivity index (χ0n) is 23.7. The van der Waals surface area contributed by atoms with Gasteiger partial charge in [-0.15, -0.1) is 0 Å². The predicted octanol–water partition coefficient (Wildman–Crippen LogP) is 4.75. The maximum absolute atomic E-state index is 13.9. The Morgan fingerprint density at radius 1 is 0.900 bits per heavy atom. The van der Waals surface area contributed by atoms with Crippen molar-refractivity contribution in [1.29, 1.82) is 0 Å². The molecule has 2 aromatic carbocycles. The van der Waals surface area contributed by atoms with Crippen LogP contribution in [-0.4, -0.2) is 58.4 Å². The number of nitro groups is 2.